The van der Waals surface area contributed by atoms with Crippen molar-refractivity contribution in [1.29, 1.82) is 5.26 Å². The molecule has 2 aromatic carbocycles. The molecule has 4 N–H and O–H groups in total. The van der Waals surface area contributed by atoms with Crippen LogP contribution in [0.2, 0.25) is 5.02 Å². The van der Waals surface area contributed by atoms with Gasteiger partial charge in [-0.3, -0.25) is 4.79 Å². The number of amides is 1. The van der Waals surface area contributed by atoms with Crippen LogP contribution in [0.3, 0.4) is 0 Å². The van der Waals surface area contributed by atoms with Crippen LogP contribution in [-0.4, -0.2) is 5.91 Å². The van der Waals surface area contributed by atoms with E-state index in [9.17, 15) is 9.18 Å². The number of para-hydroxylation sites is 1. The fourth-order valence-electron chi connectivity index (χ4n) is 1.68. The highest BCUT2D eigenvalue weighted by atomic mass is 35.5. The van der Waals surface area contributed by atoms with E-state index in [0.29, 0.717) is 11.4 Å². The molecule has 0 radical (unpaired) electrons. The summed E-state index contributed by atoms with van der Waals surface area (Å²) in [4.78, 5) is 12.0. The quantitative estimate of drug-likeness (QED) is 0.454. The second-order valence-corrected chi connectivity index (χ2v) is 4.89. The van der Waals surface area contributed by atoms with Crippen LogP contribution in [0.15, 0.2) is 54.2 Å². The van der Waals surface area contributed by atoms with Crippen LogP contribution in [0.1, 0.15) is 0 Å². The van der Waals surface area contributed by atoms with E-state index >= 15 is 0 Å². The van der Waals surface area contributed by atoms with Gasteiger partial charge in [0.15, 0.2) is 0 Å². The number of nitrogen functional groups attached to an aromatic ring is 1. The van der Waals surface area contributed by atoms with Crippen LogP contribution in [0.5, 0.6) is 0 Å². The lowest BCUT2D eigenvalue weighted by Gasteiger charge is -2.07. The van der Waals surface area contributed by atoms with Crippen molar-refractivity contribution in [2.24, 2.45) is 0 Å². The first-order valence-corrected chi connectivity index (χ1v) is 6.87. The van der Waals surface area contributed by atoms with Crippen LogP contribution in [0.4, 0.5) is 21.5 Å². The number of anilines is 3. The summed E-state index contributed by atoms with van der Waals surface area (Å²) < 4.78 is 13.5. The summed E-state index contributed by atoms with van der Waals surface area (Å²) in [7, 11) is 0. The summed E-state index contributed by atoms with van der Waals surface area (Å²) in [6.07, 6.45) is 1.13. The predicted molar refractivity (Wildman–Crippen MR) is 88.2 cm³/mol. The van der Waals surface area contributed by atoms with Crippen molar-refractivity contribution in [1.82, 2.24) is 0 Å². The van der Waals surface area contributed by atoms with Crippen LogP contribution in [0.25, 0.3) is 0 Å². The van der Waals surface area contributed by atoms with Gasteiger partial charge in [-0.1, -0.05) is 23.7 Å². The Bertz CT molecular complexity index is 814. The fourth-order valence-corrected chi connectivity index (χ4v) is 1.86. The summed E-state index contributed by atoms with van der Waals surface area (Å²) in [5.74, 6) is -1.15. The third-order valence-electron chi connectivity index (χ3n) is 2.87. The van der Waals surface area contributed by atoms with E-state index in [0.717, 1.165) is 6.20 Å². The number of halogens is 2. The van der Waals surface area contributed by atoms with Crippen molar-refractivity contribution in [3.8, 4) is 6.07 Å². The predicted octanol–water partition coefficient (Wildman–Crippen LogP) is 3.52. The highest BCUT2D eigenvalue weighted by Gasteiger charge is 2.10. The van der Waals surface area contributed by atoms with Gasteiger partial charge in [-0.05, 0) is 30.3 Å². The van der Waals surface area contributed by atoms with E-state index < -0.39 is 11.7 Å². The molecule has 0 atom stereocenters. The lowest BCUT2D eigenvalue weighted by atomic mass is 10.2. The molecule has 0 heterocycles. The molecule has 0 fully saturated rings. The fraction of sp³-hybridized carbons (Fsp3) is 0. The maximum atomic E-state index is 13.5. The van der Waals surface area contributed by atoms with E-state index in [4.69, 9.17) is 22.6 Å². The Labute approximate surface area is 137 Å². The first-order chi connectivity index (χ1) is 11.0. The first-order valence-electron chi connectivity index (χ1n) is 6.49. The molecule has 1 amide bonds. The molecule has 2 aromatic rings. The van der Waals surface area contributed by atoms with Gasteiger partial charge in [0.05, 0.1) is 16.4 Å². The topological polar surface area (TPSA) is 90.9 Å². The Hall–Kier alpha value is -3.04. The number of hydrogen-bond acceptors (Lipinski definition) is 4. The number of nitriles is 1. The number of benzene rings is 2. The zero-order chi connectivity index (χ0) is 16.8. The summed E-state index contributed by atoms with van der Waals surface area (Å²) in [5.41, 5.74) is 6.28. The van der Waals surface area contributed by atoms with Crippen molar-refractivity contribution >= 4 is 34.6 Å². The molecule has 2 rings (SSSR count). The molecule has 0 saturated carbocycles. The van der Waals surface area contributed by atoms with Gasteiger partial charge >= 0.3 is 0 Å². The second kappa shape index (κ2) is 7.29. The van der Waals surface area contributed by atoms with Gasteiger partial charge in [0, 0.05) is 11.9 Å². The highest BCUT2D eigenvalue weighted by molar-refractivity contribution is 6.33. The molecule has 5 nitrogen and oxygen atoms in total. The van der Waals surface area contributed by atoms with Crippen molar-refractivity contribution in [2.45, 2.75) is 0 Å². The average molecular weight is 331 g/mol. The molecule has 0 aliphatic rings. The molecular weight excluding hydrogens is 319 g/mol. The Morgan fingerprint density at radius 2 is 2.04 bits per heavy atom. The van der Waals surface area contributed by atoms with E-state index in [1.165, 1.54) is 30.3 Å². The SMILES string of the molecule is N#C/C(=C/Nc1ccccc1F)C(=O)Nc1ccc(N)c(Cl)c1. The highest BCUT2D eigenvalue weighted by Crippen LogP contribution is 2.23. The second-order valence-electron chi connectivity index (χ2n) is 4.48. The van der Waals surface area contributed by atoms with Gasteiger partial charge in [0.1, 0.15) is 17.5 Å². The van der Waals surface area contributed by atoms with Gasteiger partial charge in [0.25, 0.3) is 5.91 Å². The van der Waals surface area contributed by atoms with Crippen molar-refractivity contribution in [3.05, 3.63) is 65.1 Å². The van der Waals surface area contributed by atoms with Crippen LogP contribution in [0, 0.1) is 17.1 Å². The van der Waals surface area contributed by atoms with E-state index in [1.807, 2.05) is 0 Å². The Balaban J connectivity index is 2.12. The first kappa shape index (κ1) is 16.3. The molecule has 0 saturated heterocycles. The summed E-state index contributed by atoms with van der Waals surface area (Å²) in [6.45, 7) is 0. The van der Waals surface area contributed by atoms with Crippen LogP contribution >= 0.6 is 11.6 Å². The lowest BCUT2D eigenvalue weighted by Crippen LogP contribution is -2.14. The molecular formula is C16H12ClFN4O. The van der Waals surface area contributed by atoms with Gasteiger partial charge in [-0.15, -0.1) is 0 Å². The van der Waals surface area contributed by atoms with E-state index in [2.05, 4.69) is 10.6 Å². The minimum absolute atomic E-state index is 0.156. The maximum absolute atomic E-state index is 13.5. The summed E-state index contributed by atoms with van der Waals surface area (Å²) >= 11 is 5.86. The molecule has 116 valence electrons. The number of nitrogens with one attached hydrogen (secondary N) is 2. The Morgan fingerprint density at radius 3 is 2.70 bits per heavy atom. The number of nitrogens with two attached hydrogens (primary N) is 1. The number of rotatable bonds is 4. The molecule has 0 aliphatic carbocycles. The molecule has 0 bridgehead atoms. The van der Waals surface area contributed by atoms with Gasteiger partial charge in [-0.2, -0.15) is 5.26 Å². The monoisotopic (exact) mass is 330 g/mol. The smallest absolute Gasteiger partial charge is 0.267 e. The van der Waals surface area contributed by atoms with Crippen molar-refractivity contribution in [2.75, 3.05) is 16.4 Å². The van der Waals surface area contributed by atoms with Gasteiger partial charge in [0.2, 0.25) is 0 Å². The Morgan fingerprint density at radius 1 is 1.30 bits per heavy atom. The standard InChI is InChI=1S/C16H12ClFN4O/c17-12-7-11(5-6-14(12)20)22-16(23)10(8-19)9-21-15-4-2-1-3-13(15)18/h1-7,9,21H,20H2,(H,22,23)/b10-9-. The molecule has 7 heteroatoms. The third-order valence-corrected chi connectivity index (χ3v) is 3.20. The third kappa shape index (κ3) is 4.22. The zero-order valence-corrected chi connectivity index (χ0v) is 12.6. The minimum Gasteiger partial charge on any atom is -0.398 e. The molecule has 0 unspecified atom stereocenters. The lowest BCUT2D eigenvalue weighted by molar-refractivity contribution is -0.112. The number of carbonyl (C=O) groups is 1. The van der Waals surface area contributed by atoms with Crippen molar-refractivity contribution < 1.29 is 9.18 Å². The van der Waals surface area contributed by atoms with E-state index in [1.54, 1.807) is 18.2 Å². The number of nitrogens with zero attached hydrogens (tertiary/aromatic N) is 1. The van der Waals surface area contributed by atoms with Gasteiger partial charge < -0.3 is 16.4 Å². The number of carbonyl (C=O) groups excluding carboxylic acids is 1. The molecule has 0 aliphatic heterocycles. The summed E-state index contributed by atoms with van der Waals surface area (Å²) in [5, 5.41) is 14.4. The van der Waals surface area contributed by atoms with E-state index in [-0.39, 0.29) is 16.3 Å². The van der Waals surface area contributed by atoms with Crippen LogP contribution in [-0.2, 0) is 4.79 Å². The average Bonchev–Trinajstić information content (AvgIpc) is 2.53. The number of hydrogen-bond donors (Lipinski definition) is 3. The Kier molecular flexibility index (Phi) is 5.18. The normalized spacial score (nSPS) is 10.7. The summed E-state index contributed by atoms with van der Waals surface area (Å²) in [6, 6.07) is 12.2. The zero-order valence-electron chi connectivity index (χ0n) is 11.8. The van der Waals surface area contributed by atoms with Crippen molar-refractivity contribution in [3.63, 3.8) is 0 Å². The largest absolute Gasteiger partial charge is 0.398 e. The molecule has 0 spiro atoms. The molecule has 0 aromatic heterocycles. The molecule has 23 heavy (non-hydrogen) atoms. The van der Waals surface area contributed by atoms with Crippen LogP contribution < -0.4 is 16.4 Å². The van der Waals surface area contributed by atoms with Gasteiger partial charge in [-0.25, -0.2) is 4.39 Å². The maximum Gasteiger partial charge on any atom is 0.267 e. The minimum atomic E-state index is -0.655.